The lowest BCUT2D eigenvalue weighted by Crippen LogP contribution is -2.27. The average molecular weight is 349 g/mol. The number of hydrogen-bond donors (Lipinski definition) is 1. The zero-order valence-corrected chi connectivity index (χ0v) is 14.5. The Labute approximate surface area is 150 Å². The molecule has 1 unspecified atom stereocenters. The molecule has 3 aromatic heterocycles. The molecule has 1 saturated carbocycles. The van der Waals surface area contributed by atoms with Crippen molar-refractivity contribution in [3.63, 3.8) is 0 Å². The summed E-state index contributed by atoms with van der Waals surface area (Å²) in [5.74, 6) is -0.238. The molecule has 1 aliphatic heterocycles. The van der Waals surface area contributed by atoms with Crippen LogP contribution < -0.4 is 4.90 Å². The molecule has 1 saturated heterocycles. The maximum Gasteiger partial charge on any atom is 0.245 e. The SMILES string of the molecule is C1CC1.Cn1cc(-c2cc3c(N4CCC(C#N)C4=O)ncnc3[nH]2)cn1. The molecule has 8 heteroatoms. The standard InChI is InChI=1S/C15H13N7O.C3H6/c1-21-7-10(6-19-21)12-4-11-13(20-12)17-8-18-14(11)22-3-2-9(5-16)15(22)23;1-2-3-1/h4,6-9H,2-3H2,1H3,(H,17,18,20);1-3H2. The number of aryl methyl sites for hydroxylation is 1. The zero-order chi connectivity index (χ0) is 18.1. The number of carbonyl (C=O) groups is 1. The third-order valence-corrected chi connectivity index (χ3v) is 4.39. The molecular formula is C18H19N7O. The van der Waals surface area contributed by atoms with Crippen LogP contribution in [-0.4, -0.2) is 37.2 Å². The maximum absolute atomic E-state index is 12.3. The van der Waals surface area contributed by atoms with E-state index < -0.39 is 5.92 Å². The molecule has 3 aromatic rings. The van der Waals surface area contributed by atoms with Crippen LogP contribution in [0.2, 0.25) is 0 Å². The molecule has 1 aliphatic carbocycles. The number of amides is 1. The van der Waals surface area contributed by atoms with E-state index in [-0.39, 0.29) is 5.91 Å². The molecule has 2 aliphatic rings. The maximum atomic E-state index is 12.3. The van der Waals surface area contributed by atoms with Crippen molar-refractivity contribution in [2.24, 2.45) is 13.0 Å². The number of rotatable bonds is 2. The van der Waals surface area contributed by atoms with Crippen LogP contribution >= 0.6 is 0 Å². The monoisotopic (exact) mass is 349 g/mol. The topological polar surface area (TPSA) is 103 Å². The van der Waals surface area contributed by atoms with Gasteiger partial charge in [-0.2, -0.15) is 10.4 Å². The van der Waals surface area contributed by atoms with Crippen molar-refractivity contribution >= 4 is 22.8 Å². The number of H-pyrrole nitrogens is 1. The number of aromatic amines is 1. The Hall–Kier alpha value is -3.21. The summed E-state index contributed by atoms with van der Waals surface area (Å²) >= 11 is 0. The lowest BCUT2D eigenvalue weighted by atomic mass is 10.1. The fraction of sp³-hybridized carbons (Fsp3) is 0.389. The van der Waals surface area contributed by atoms with E-state index in [9.17, 15) is 4.79 Å². The second kappa shape index (κ2) is 6.59. The van der Waals surface area contributed by atoms with Crippen molar-refractivity contribution < 1.29 is 4.79 Å². The minimum absolute atomic E-state index is 0.198. The van der Waals surface area contributed by atoms with Crippen molar-refractivity contribution in [2.45, 2.75) is 25.7 Å². The van der Waals surface area contributed by atoms with Gasteiger partial charge in [-0.3, -0.25) is 14.4 Å². The Morgan fingerprint density at radius 1 is 1.31 bits per heavy atom. The van der Waals surface area contributed by atoms with Crippen LogP contribution in [0.5, 0.6) is 0 Å². The van der Waals surface area contributed by atoms with Crippen molar-refractivity contribution in [3.8, 4) is 17.3 Å². The van der Waals surface area contributed by atoms with Gasteiger partial charge >= 0.3 is 0 Å². The number of hydrogen-bond acceptors (Lipinski definition) is 5. The van der Waals surface area contributed by atoms with Crippen LogP contribution in [0.3, 0.4) is 0 Å². The Morgan fingerprint density at radius 2 is 2.12 bits per heavy atom. The summed E-state index contributed by atoms with van der Waals surface area (Å²) in [5, 5.41) is 13.9. The first-order chi connectivity index (χ1) is 12.7. The van der Waals surface area contributed by atoms with E-state index in [2.05, 4.69) is 20.1 Å². The van der Waals surface area contributed by atoms with Gasteiger partial charge in [0.25, 0.3) is 0 Å². The van der Waals surface area contributed by atoms with Gasteiger partial charge in [-0.15, -0.1) is 0 Å². The summed E-state index contributed by atoms with van der Waals surface area (Å²) in [7, 11) is 1.85. The lowest BCUT2D eigenvalue weighted by molar-refractivity contribution is -0.119. The van der Waals surface area contributed by atoms with Crippen molar-refractivity contribution in [2.75, 3.05) is 11.4 Å². The van der Waals surface area contributed by atoms with Crippen molar-refractivity contribution in [3.05, 3.63) is 24.8 Å². The predicted molar refractivity (Wildman–Crippen MR) is 96.0 cm³/mol. The predicted octanol–water partition coefficient (Wildman–Crippen LogP) is 2.41. The number of aromatic nitrogens is 5. The third-order valence-electron chi connectivity index (χ3n) is 4.39. The molecule has 4 heterocycles. The van der Waals surface area contributed by atoms with Gasteiger partial charge in [-0.25, -0.2) is 9.97 Å². The average Bonchev–Trinajstić information content (AvgIpc) is 3.23. The van der Waals surface area contributed by atoms with Crippen LogP contribution in [0.4, 0.5) is 5.82 Å². The quantitative estimate of drug-likeness (QED) is 0.765. The van der Waals surface area contributed by atoms with Crippen LogP contribution in [0.25, 0.3) is 22.3 Å². The summed E-state index contributed by atoms with van der Waals surface area (Å²) in [6, 6.07) is 3.95. The zero-order valence-electron chi connectivity index (χ0n) is 14.5. The molecule has 0 aromatic carbocycles. The van der Waals surface area contributed by atoms with Crippen LogP contribution in [0, 0.1) is 17.2 Å². The fourth-order valence-electron chi connectivity index (χ4n) is 2.87. The summed E-state index contributed by atoms with van der Waals surface area (Å²) in [4.78, 5) is 25.6. The Morgan fingerprint density at radius 3 is 2.73 bits per heavy atom. The molecule has 8 nitrogen and oxygen atoms in total. The number of carbonyl (C=O) groups excluding carboxylic acids is 1. The molecule has 5 rings (SSSR count). The van der Waals surface area contributed by atoms with Gasteiger partial charge in [-0.1, -0.05) is 19.3 Å². The molecular weight excluding hydrogens is 330 g/mol. The molecule has 26 heavy (non-hydrogen) atoms. The van der Waals surface area contributed by atoms with Crippen molar-refractivity contribution in [1.82, 2.24) is 24.7 Å². The van der Waals surface area contributed by atoms with Crippen LogP contribution in [0.1, 0.15) is 25.7 Å². The lowest BCUT2D eigenvalue weighted by Gasteiger charge is -2.14. The molecule has 1 amide bonds. The summed E-state index contributed by atoms with van der Waals surface area (Å²) in [6.45, 7) is 0.497. The first-order valence-corrected chi connectivity index (χ1v) is 8.71. The minimum Gasteiger partial charge on any atom is -0.339 e. The summed E-state index contributed by atoms with van der Waals surface area (Å²) in [6.07, 6.45) is 10.1. The third kappa shape index (κ3) is 3.04. The second-order valence-electron chi connectivity index (χ2n) is 6.57. The van der Waals surface area contributed by atoms with Gasteiger partial charge in [0.15, 0.2) is 0 Å². The van der Waals surface area contributed by atoms with E-state index in [0.717, 1.165) is 16.6 Å². The van der Waals surface area contributed by atoms with Crippen LogP contribution in [-0.2, 0) is 11.8 Å². The van der Waals surface area contributed by atoms with E-state index in [0.29, 0.717) is 24.4 Å². The Balaban J connectivity index is 0.000000510. The van der Waals surface area contributed by atoms with E-state index in [1.54, 1.807) is 15.8 Å². The second-order valence-corrected chi connectivity index (χ2v) is 6.57. The number of anilines is 1. The van der Waals surface area contributed by atoms with E-state index in [1.165, 1.54) is 25.6 Å². The molecule has 0 radical (unpaired) electrons. The first kappa shape index (κ1) is 16.3. The van der Waals surface area contributed by atoms with Gasteiger partial charge in [0, 0.05) is 25.4 Å². The highest BCUT2D eigenvalue weighted by atomic mass is 16.2. The smallest absolute Gasteiger partial charge is 0.245 e. The number of nitriles is 1. The molecule has 132 valence electrons. The number of nitrogens with one attached hydrogen (secondary N) is 1. The molecule has 0 bridgehead atoms. The van der Waals surface area contributed by atoms with Gasteiger partial charge in [0.1, 0.15) is 23.7 Å². The van der Waals surface area contributed by atoms with Crippen LogP contribution in [0.15, 0.2) is 24.8 Å². The normalized spacial score (nSPS) is 18.5. The highest BCUT2D eigenvalue weighted by molar-refractivity contribution is 6.04. The van der Waals surface area contributed by atoms with Gasteiger partial charge < -0.3 is 4.98 Å². The summed E-state index contributed by atoms with van der Waals surface area (Å²) < 4.78 is 1.72. The molecule has 0 spiro atoms. The Bertz CT molecular complexity index is 992. The highest BCUT2D eigenvalue weighted by Crippen LogP contribution is 2.31. The minimum atomic E-state index is -0.586. The largest absolute Gasteiger partial charge is 0.339 e. The number of fused-ring (bicyclic) bond motifs is 1. The number of nitrogens with zero attached hydrogens (tertiary/aromatic N) is 6. The van der Waals surface area contributed by atoms with E-state index in [1.807, 2.05) is 25.4 Å². The van der Waals surface area contributed by atoms with Crippen molar-refractivity contribution in [1.29, 1.82) is 5.26 Å². The highest BCUT2D eigenvalue weighted by Gasteiger charge is 2.34. The van der Waals surface area contributed by atoms with E-state index in [4.69, 9.17) is 5.26 Å². The first-order valence-electron chi connectivity index (χ1n) is 8.71. The molecule has 1 N–H and O–H groups in total. The Kier molecular flexibility index (Phi) is 4.13. The molecule has 2 fully saturated rings. The van der Waals surface area contributed by atoms with Gasteiger partial charge in [-0.05, 0) is 12.5 Å². The van der Waals surface area contributed by atoms with Gasteiger partial charge in [0.05, 0.1) is 23.3 Å². The van der Waals surface area contributed by atoms with E-state index >= 15 is 0 Å². The summed E-state index contributed by atoms with van der Waals surface area (Å²) in [5.41, 5.74) is 2.44. The van der Waals surface area contributed by atoms with Gasteiger partial charge in [0.2, 0.25) is 5.91 Å². The fourth-order valence-corrected chi connectivity index (χ4v) is 2.87. The molecule has 1 atom stereocenters.